The Kier molecular flexibility index (Phi) is 5.16. The standard InChI is InChI=1S/C21H18ClN3O3S/c1-13-21(25-19-10-4-9-18(22)20(19)24-13)28-16-7-2-5-14(11-16)15-6-3-8-17(12-15)29(23,26)27/h2-12,26-27H,23H2,1H3. The molecule has 0 radical (unpaired) electrons. The zero-order chi connectivity index (χ0) is 20.6. The van der Waals surface area contributed by atoms with Gasteiger partial charge in [-0.05, 0) is 54.4 Å². The molecule has 8 heteroatoms. The maximum Gasteiger partial charge on any atom is 0.241 e. The molecule has 0 saturated carbocycles. The zero-order valence-electron chi connectivity index (χ0n) is 15.4. The first-order valence-corrected chi connectivity index (χ1v) is 10.7. The number of halogens is 1. The van der Waals surface area contributed by atoms with E-state index in [0.29, 0.717) is 33.4 Å². The number of nitrogens with two attached hydrogens (primary N) is 1. The number of rotatable bonds is 4. The molecule has 148 valence electrons. The molecule has 29 heavy (non-hydrogen) atoms. The molecule has 3 aromatic carbocycles. The van der Waals surface area contributed by atoms with Crippen LogP contribution in [0.3, 0.4) is 0 Å². The first-order chi connectivity index (χ1) is 13.8. The average molecular weight is 428 g/mol. The molecule has 0 atom stereocenters. The largest absolute Gasteiger partial charge is 0.437 e. The third-order valence-electron chi connectivity index (χ3n) is 4.34. The predicted molar refractivity (Wildman–Crippen MR) is 117 cm³/mol. The minimum absolute atomic E-state index is 0.273. The van der Waals surface area contributed by atoms with E-state index in [1.54, 1.807) is 24.3 Å². The van der Waals surface area contributed by atoms with E-state index in [-0.39, 0.29) is 4.90 Å². The minimum Gasteiger partial charge on any atom is -0.437 e. The van der Waals surface area contributed by atoms with Gasteiger partial charge in [0, 0.05) is 0 Å². The highest BCUT2D eigenvalue weighted by Gasteiger charge is 2.12. The fourth-order valence-electron chi connectivity index (χ4n) is 2.92. The molecular formula is C21H18ClN3O3S. The summed E-state index contributed by atoms with van der Waals surface area (Å²) < 4.78 is 25.4. The SMILES string of the molecule is Cc1nc2c(Cl)cccc2nc1Oc1cccc(-c2cccc(S(N)(O)O)c2)c1. The summed E-state index contributed by atoms with van der Waals surface area (Å²) in [5.74, 6) is 0.966. The van der Waals surface area contributed by atoms with Crippen molar-refractivity contribution in [2.45, 2.75) is 11.8 Å². The van der Waals surface area contributed by atoms with Crippen molar-refractivity contribution in [3.8, 4) is 22.8 Å². The van der Waals surface area contributed by atoms with E-state index in [4.69, 9.17) is 21.5 Å². The van der Waals surface area contributed by atoms with Crippen molar-refractivity contribution in [1.82, 2.24) is 9.97 Å². The van der Waals surface area contributed by atoms with Gasteiger partial charge in [0.2, 0.25) is 5.88 Å². The molecule has 0 aliphatic carbocycles. The fourth-order valence-corrected chi connectivity index (χ4v) is 3.71. The van der Waals surface area contributed by atoms with Gasteiger partial charge in [-0.3, -0.25) is 9.11 Å². The van der Waals surface area contributed by atoms with Crippen LogP contribution >= 0.6 is 22.4 Å². The maximum absolute atomic E-state index is 9.71. The number of fused-ring (bicyclic) bond motifs is 1. The Balaban J connectivity index is 1.69. The van der Waals surface area contributed by atoms with Crippen LogP contribution in [0.4, 0.5) is 0 Å². The quantitative estimate of drug-likeness (QED) is 0.367. The molecule has 4 N–H and O–H groups in total. The van der Waals surface area contributed by atoms with Gasteiger partial charge in [0.1, 0.15) is 17.0 Å². The van der Waals surface area contributed by atoms with E-state index in [2.05, 4.69) is 9.97 Å². The molecule has 0 fully saturated rings. The van der Waals surface area contributed by atoms with Crippen molar-refractivity contribution in [2.75, 3.05) is 0 Å². The van der Waals surface area contributed by atoms with E-state index < -0.39 is 10.8 Å². The fraction of sp³-hybridized carbons (Fsp3) is 0.0476. The molecule has 1 aromatic heterocycles. The number of hydrogen-bond acceptors (Lipinski definition) is 6. The molecule has 0 unspecified atom stereocenters. The first-order valence-electron chi connectivity index (χ1n) is 8.68. The summed E-state index contributed by atoms with van der Waals surface area (Å²) in [6.45, 7) is 1.81. The summed E-state index contributed by atoms with van der Waals surface area (Å²) >= 11 is 6.19. The second-order valence-corrected chi connectivity index (χ2v) is 8.54. The van der Waals surface area contributed by atoms with E-state index in [1.165, 1.54) is 0 Å². The Bertz CT molecular complexity index is 1210. The second kappa shape index (κ2) is 7.62. The lowest BCUT2D eigenvalue weighted by molar-refractivity contribution is 0.458. The Labute approximate surface area is 174 Å². The zero-order valence-corrected chi connectivity index (χ0v) is 17.0. The van der Waals surface area contributed by atoms with Crippen molar-refractivity contribution in [3.63, 3.8) is 0 Å². The number of nitrogens with zero attached hydrogens (tertiary/aromatic N) is 2. The van der Waals surface area contributed by atoms with Crippen LogP contribution < -0.4 is 9.88 Å². The molecular weight excluding hydrogens is 410 g/mol. The lowest BCUT2D eigenvalue weighted by Crippen LogP contribution is -2.08. The smallest absolute Gasteiger partial charge is 0.241 e. The number of aromatic nitrogens is 2. The normalized spacial score (nSPS) is 12.2. The molecule has 0 aliphatic heterocycles. The molecule has 0 aliphatic rings. The highest BCUT2D eigenvalue weighted by molar-refractivity contribution is 8.22. The van der Waals surface area contributed by atoms with Crippen LogP contribution in [0.5, 0.6) is 11.6 Å². The van der Waals surface area contributed by atoms with Gasteiger partial charge < -0.3 is 4.74 Å². The Morgan fingerprint density at radius 2 is 1.62 bits per heavy atom. The van der Waals surface area contributed by atoms with Gasteiger partial charge in [0.15, 0.2) is 0 Å². The van der Waals surface area contributed by atoms with Crippen LogP contribution in [-0.2, 0) is 0 Å². The molecule has 6 nitrogen and oxygen atoms in total. The Morgan fingerprint density at radius 3 is 2.38 bits per heavy atom. The van der Waals surface area contributed by atoms with E-state index in [0.717, 1.165) is 11.1 Å². The predicted octanol–water partition coefficient (Wildman–Crippen LogP) is 6.03. The van der Waals surface area contributed by atoms with E-state index in [9.17, 15) is 9.11 Å². The summed E-state index contributed by atoms with van der Waals surface area (Å²) in [6.07, 6.45) is 0. The number of aryl methyl sites for hydroxylation is 1. The summed E-state index contributed by atoms with van der Waals surface area (Å²) in [4.78, 5) is 9.31. The van der Waals surface area contributed by atoms with Gasteiger partial charge in [-0.15, -0.1) is 10.8 Å². The molecule has 0 saturated heterocycles. The van der Waals surface area contributed by atoms with Crippen LogP contribution in [-0.4, -0.2) is 19.1 Å². The van der Waals surface area contributed by atoms with Gasteiger partial charge in [-0.1, -0.05) is 41.9 Å². The van der Waals surface area contributed by atoms with E-state index >= 15 is 0 Å². The van der Waals surface area contributed by atoms with Crippen molar-refractivity contribution in [2.24, 2.45) is 5.14 Å². The van der Waals surface area contributed by atoms with Crippen LogP contribution in [0.1, 0.15) is 5.69 Å². The summed E-state index contributed by atoms with van der Waals surface area (Å²) in [6, 6.07) is 19.6. The van der Waals surface area contributed by atoms with Gasteiger partial charge >= 0.3 is 0 Å². The van der Waals surface area contributed by atoms with Crippen molar-refractivity contribution >= 4 is 33.4 Å². The summed E-state index contributed by atoms with van der Waals surface area (Å²) in [7, 11) is -3.28. The highest BCUT2D eigenvalue weighted by Crippen LogP contribution is 2.41. The number of benzene rings is 3. The second-order valence-electron chi connectivity index (χ2n) is 6.47. The molecule has 0 amide bonds. The van der Waals surface area contributed by atoms with Crippen molar-refractivity contribution in [1.29, 1.82) is 0 Å². The lowest BCUT2D eigenvalue weighted by Gasteiger charge is -2.26. The Morgan fingerprint density at radius 1 is 0.931 bits per heavy atom. The van der Waals surface area contributed by atoms with Crippen molar-refractivity contribution in [3.05, 3.63) is 77.4 Å². The average Bonchev–Trinajstić information content (AvgIpc) is 2.69. The molecule has 1 heterocycles. The van der Waals surface area contributed by atoms with Crippen LogP contribution in [0.2, 0.25) is 5.02 Å². The summed E-state index contributed by atoms with van der Waals surface area (Å²) in [5.41, 5.74) is 3.52. The Hall–Kier alpha value is -2.68. The topological polar surface area (TPSA) is 101 Å². The lowest BCUT2D eigenvalue weighted by atomic mass is 10.1. The number of hydrogen-bond donors (Lipinski definition) is 3. The van der Waals surface area contributed by atoms with Gasteiger partial charge in [0.25, 0.3) is 0 Å². The monoisotopic (exact) mass is 427 g/mol. The van der Waals surface area contributed by atoms with Gasteiger partial charge in [-0.25, -0.2) is 15.1 Å². The molecule has 4 rings (SSSR count). The maximum atomic E-state index is 9.71. The summed E-state index contributed by atoms with van der Waals surface area (Å²) in [5, 5.41) is 5.99. The molecule has 0 bridgehead atoms. The molecule has 0 spiro atoms. The number of para-hydroxylation sites is 1. The van der Waals surface area contributed by atoms with Gasteiger partial charge in [-0.2, -0.15) is 0 Å². The van der Waals surface area contributed by atoms with Gasteiger partial charge in [0.05, 0.1) is 15.4 Å². The third-order valence-corrected chi connectivity index (χ3v) is 5.59. The van der Waals surface area contributed by atoms with Crippen LogP contribution in [0, 0.1) is 6.92 Å². The van der Waals surface area contributed by atoms with Crippen molar-refractivity contribution < 1.29 is 13.8 Å². The van der Waals surface area contributed by atoms with Crippen LogP contribution in [0.15, 0.2) is 71.6 Å². The highest BCUT2D eigenvalue weighted by atomic mass is 35.5. The number of ether oxygens (including phenoxy) is 1. The van der Waals surface area contributed by atoms with Crippen LogP contribution in [0.25, 0.3) is 22.2 Å². The first kappa shape index (κ1) is 19.6. The van der Waals surface area contributed by atoms with E-state index in [1.807, 2.05) is 49.4 Å². The molecule has 4 aromatic rings. The minimum atomic E-state index is -3.28. The third kappa shape index (κ3) is 4.19.